The smallest absolute Gasteiger partial charge is 0.315 e. The predicted octanol–water partition coefficient (Wildman–Crippen LogP) is 2.59. The van der Waals surface area contributed by atoms with Gasteiger partial charge in [-0.3, -0.25) is 4.79 Å². The Bertz CT molecular complexity index is 760. The van der Waals surface area contributed by atoms with Crippen molar-refractivity contribution in [1.82, 2.24) is 16.0 Å². The maximum absolute atomic E-state index is 11.8. The van der Waals surface area contributed by atoms with Crippen LogP contribution in [0.5, 0.6) is 5.75 Å². The quantitative estimate of drug-likeness (QED) is 0.596. The number of rotatable bonds is 9. The van der Waals surface area contributed by atoms with Gasteiger partial charge in [0.05, 0.1) is 0 Å². The average Bonchev–Trinajstić information content (AvgIpc) is 3.54. The van der Waals surface area contributed by atoms with E-state index in [1.54, 1.807) is 0 Å². The molecule has 0 atom stereocenters. The van der Waals surface area contributed by atoms with Crippen LogP contribution < -0.4 is 20.7 Å². The zero-order valence-corrected chi connectivity index (χ0v) is 15.2. The zero-order chi connectivity index (χ0) is 18.9. The van der Waals surface area contributed by atoms with Crippen LogP contribution in [0, 0.1) is 5.92 Å². The molecular weight excluding hydrogens is 342 g/mol. The van der Waals surface area contributed by atoms with E-state index in [-0.39, 0.29) is 17.9 Å². The van der Waals surface area contributed by atoms with Crippen LogP contribution in [0.4, 0.5) is 4.79 Å². The summed E-state index contributed by atoms with van der Waals surface area (Å²) in [6.07, 6.45) is 1.96. The van der Waals surface area contributed by atoms with E-state index >= 15 is 0 Å². The van der Waals surface area contributed by atoms with E-state index in [0.29, 0.717) is 26.2 Å². The van der Waals surface area contributed by atoms with Gasteiger partial charge in [0.2, 0.25) is 5.91 Å². The molecule has 2 aromatic rings. The van der Waals surface area contributed by atoms with Crippen molar-refractivity contribution >= 4 is 11.9 Å². The van der Waals surface area contributed by atoms with Gasteiger partial charge in [-0.1, -0.05) is 42.5 Å². The van der Waals surface area contributed by atoms with E-state index in [1.165, 1.54) is 0 Å². The second-order valence-electron chi connectivity index (χ2n) is 6.60. The van der Waals surface area contributed by atoms with Crippen LogP contribution in [-0.2, 0) is 17.9 Å². The minimum Gasteiger partial charge on any atom is -0.489 e. The third kappa shape index (κ3) is 6.66. The van der Waals surface area contributed by atoms with Gasteiger partial charge >= 0.3 is 6.03 Å². The first-order chi connectivity index (χ1) is 13.2. The molecule has 1 aliphatic carbocycles. The highest BCUT2D eigenvalue weighted by atomic mass is 16.5. The van der Waals surface area contributed by atoms with Crippen molar-refractivity contribution in [2.24, 2.45) is 5.92 Å². The van der Waals surface area contributed by atoms with Crippen molar-refractivity contribution in [3.8, 4) is 5.75 Å². The fourth-order valence-corrected chi connectivity index (χ4v) is 2.61. The summed E-state index contributed by atoms with van der Waals surface area (Å²) in [6, 6.07) is 17.3. The molecule has 0 heterocycles. The molecule has 0 unspecified atom stereocenters. The summed E-state index contributed by atoms with van der Waals surface area (Å²) in [7, 11) is 0. The average molecular weight is 367 g/mol. The molecule has 3 rings (SSSR count). The van der Waals surface area contributed by atoms with Gasteiger partial charge in [-0.25, -0.2) is 4.79 Å². The number of ether oxygens (including phenoxy) is 1. The summed E-state index contributed by atoms with van der Waals surface area (Å²) < 4.78 is 5.74. The summed E-state index contributed by atoms with van der Waals surface area (Å²) in [5.74, 6) is 1.11. The lowest BCUT2D eigenvalue weighted by molar-refractivity contribution is -0.122. The van der Waals surface area contributed by atoms with Crippen LogP contribution in [0.2, 0.25) is 0 Å². The molecule has 1 aliphatic rings. The Morgan fingerprint density at radius 3 is 2.41 bits per heavy atom. The van der Waals surface area contributed by atoms with Gasteiger partial charge in [-0.2, -0.15) is 0 Å². The number of hydrogen-bond donors (Lipinski definition) is 3. The molecule has 3 amide bonds. The highest BCUT2D eigenvalue weighted by Crippen LogP contribution is 2.28. The van der Waals surface area contributed by atoms with Crippen molar-refractivity contribution in [1.29, 1.82) is 0 Å². The minimum absolute atomic E-state index is 0.0896. The van der Waals surface area contributed by atoms with Crippen molar-refractivity contribution in [3.05, 3.63) is 65.7 Å². The number of hydrogen-bond acceptors (Lipinski definition) is 3. The Labute approximate surface area is 159 Å². The maximum atomic E-state index is 11.8. The van der Waals surface area contributed by atoms with Crippen molar-refractivity contribution in [2.45, 2.75) is 26.0 Å². The fourth-order valence-electron chi connectivity index (χ4n) is 2.61. The van der Waals surface area contributed by atoms with Crippen molar-refractivity contribution < 1.29 is 14.3 Å². The van der Waals surface area contributed by atoms with Gasteiger partial charge in [0.25, 0.3) is 0 Å². The predicted molar refractivity (Wildman–Crippen MR) is 103 cm³/mol. The Morgan fingerprint density at radius 2 is 1.63 bits per heavy atom. The molecule has 6 heteroatoms. The molecule has 27 heavy (non-hydrogen) atoms. The van der Waals surface area contributed by atoms with E-state index in [0.717, 1.165) is 29.7 Å². The third-order valence-electron chi connectivity index (χ3n) is 4.25. The Hall–Kier alpha value is -3.02. The number of nitrogens with one attached hydrogen (secondary N) is 3. The van der Waals surface area contributed by atoms with Gasteiger partial charge < -0.3 is 20.7 Å². The van der Waals surface area contributed by atoms with Crippen molar-refractivity contribution in [2.75, 3.05) is 13.1 Å². The summed E-state index contributed by atoms with van der Waals surface area (Å²) in [4.78, 5) is 23.3. The number of benzene rings is 2. The topological polar surface area (TPSA) is 79.5 Å². The van der Waals surface area contributed by atoms with Crippen LogP contribution in [0.25, 0.3) is 0 Å². The number of carbonyl (C=O) groups excluding carboxylic acids is 2. The number of urea groups is 1. The molecule has 2 aromatic carbocycles. The Balaban J connectivity index is 1.34. The zero-order valence-electron chi connectivity index (χ0n) is 15.2. The highest BCUT2D eigenvalue weighted by molar-refractivity contribution is 5.80. The van der Waals surface area contributed by atoms with E-state index in [2.05, 4.69) is 16.0 Å². The van der Waals surface area contributed by atoms with E-state index in [1.807, 2.05) is 54.6 Å². The molecule has 1 fully saturated rings. The first kappa shape index (κ1) is 18.8. The molecule has 0 bridgehead atoms. The van der Waals surface area contributed by atoms with Crippen LogP contribution in [0.15, 0.2) is 54.6 Å². The van der Waals surface area contributed by atoms with Crippen molar-refractivity contribution in [3.63, 3.8) is 0 Å². The molecule has 142 valence electrons. The van der Waals surface area contributed by atoms with Gasteiger partial charge in [-0.15, -0.1) is 0 Å². The highest BCUT2D eigenvalue weighted by Gasteiger charge is 2.28. The molecule has 0 spiro atoms. The molecular formula is C21H25N3O3. The largest absolute Gasteiger partial charge is 0.489 e. The molecule has 0 radical (unpaired) electrons. The maximum Gasteiger partial charge on any atom is 0.315 e. The summed E-state index contributed by atoms with van der Waals surface area (Å²) >= 11 is 0. The minimum atomic E-state index is -0.249. The van der Waals surface area contributed by atoms with Gasteiger partial charge in [-0.05, 0) is 36.1 Å². The van der Waals surface area contributed by atoms with Crippen LogP contribution in [-0.4, -0.2) is 25.0 Å². The lowest BCUT2D eigenvalue weighted by Gasteiger charge is -2.10. The SMILES string of the molecule is O=C(NCCNC(=O)C1CC1)NCc1cccc(COc2ccccc2)c1. The molecule has 6 nitrogen and oxygen atoms in total. The Morgan fingerprint density at radius 1 is 0.889 bits per heavy atom. The molecule has 0 aromatic heterocycles. The Kier molecular flexibility index (Phi) is 6.68. The monoisotopic (exact) mass is 367 g/mol. The van der Waals surface area contributed by atoms with Crippen LogP contribution >= 0.6 is 0 Å². The van der Waals surface area contributed by atoms with E-state index in [9.17, 15) is 9.59 Å². The molecule has 0 saturated heterocycles. The summed E-state index contributed by atoms with van der Waals surface area (Å²) in [6.45, 7) is 1.77. The number of para-hydroxylation sites is 1. The molecule has 3 N–H and O–H groups in total. The number of carbonyl (C=O) groups is 2. The van der Waals surface area contributed by atoms with Gasteiger partial charge in [0, 0.05) is 25.6 Å². The standard InChI is InChI=1S/C21H25N3O3/c25-20(18-9-10-18)22-11-12-23-21(26)24-14-16-5-4-6-17(13-16)15-27-19-7-2-1-3-8-19/h1-8,13,18H,9-12,14-15H2,(H,22,25)(H2,23,24,26). The second kappa shape index (κ2) is 9.62. The second-order valence-corrected chi connectivity index (χ2v) is 6.60. The third-order valence-corrected chi connectivity index (χ3v) is 4.25. The van der Waals surface area contributed by atoms with Gasteiger partial charge in [0.1, 0.15) is 12.4 Å². The lowest BCUT2D eigenvalue weighted by Crippen LogP contribution is -2.40. The first-order valence-electron chi connectivity index (χ1n) is 9.26. The summed E-state index contributed by atoms with van der Waals surface area (Å²) in [5, 5.41) is 8.37. The molecule has 0 aliphatic heterocycles. The summed E-state index contributed by atoms with van der Waals surface area (Å²) in [5.41, 5.74) is 2.04. The van der Waals surface area contributed by atoms with Gasteiger partial charge in [0.15, 0.2) is 0 Å². The lowest BCUT2D eigenvalue weighted by atomic mass is 10.1. The van der Waals surface area contributed by atoms with E-state index in [4.69, 9.17) is 4.74 Å². The van der Waals surface area contributed by atoms with E-state index < -0.39 is 0 Å². The number of amides is 3. The van der Waals surface area contributed by atoms with Crippen LogP contribution in [0.3, 0.4) is 0 Å². The molecule has 1 saturated carbocycles. The first-order valence-corrected chi connectivity index (χ1v) is 9.26. The fraction of sp³-hybridized carbons (Fsp3) is 0.333. The van der Waals surface area contributed by atoms with Crippen LogP contribution in [0.1, 0.15) is 24.0 Å². The normalized spacial score (nSPS) is 12.9.